The molecule has 2 rings (SSSR count). The fraction of sp³-hybridized carbons (Fsp3) is 0.533. The van der Waals surface area contributed by atoms with Crippen molar-refractivity contribution in [1.29, 1.82) is 0 Å². The predicted molar refractivity (Wildman–Crippen MR) is 68.4 cm³/mol. The maximum absolute atomic E-state index is 13.1. The van der Waals surface area contributed by atoms with Gasteiger partial charge in [-0.05, 0) is 42.9 Å². The molecule has 0 saturated carbocycles. The van der Waals surface area contributed by atoms with Crippen LogP contribution in [0.25, 0.3) is 0 Å². The van der Waals surface area contributed by atoms with E-state index in [4.69, 9.17) is 4.74 Å². The minimum Gasteiger partial charge on any atom is -0.469 e. The lowest BCUT2D eigenvalue weighted by atomic mass is 9.74. The van der Waals surface area contributed by atoms with Crippen LogP contribution in [-0.2, 0) is 22.1 Å². The lowest BCUT2D eigenvalue weighted by Crippen LogP contribution is -2.28. The monoisotopic (exact) mass is 286 g/mol. The second-order valence-corrected chi connectivity index (χ2v) is 5.39. The normalized spacial score (nSPS) is 22.3. The van der Waals surface area contributed by atoms with E-state index in [1.165, 1.54) is 7.11 Å². The number of hydrogen-bond acceptors (Lipinski definition) is 2. The standard InChI is InChI=1S/C15H17F3O2/c1-8-6-11-10(12(7-8)15(16,17)18)5-4-9(2)13(11)14(19)20-3/h6-7,9,13H,4-5H2,1-3H3/t9-,13?/m1/s1. The molecule has 20 heavy (non-hydrogen) atoms. The van der Waals surface area contributed by atoms with E-state index in [9.17, 15) is 18.0 Å². The summed E-state index contributed by atoms with van der Waals surface area (Å²) in [7, 11) is 1.27. The molecule has 0 bridgehead atoms. The second-order valence-electron chi connectivity index (χ2n) is 5.39. The van der Waals surface area contributed by atoms with Gasteiger partial charge in [0.15, 0.2) is 0 Å². The van der Waals surface area contributed by atoms with Crippen molar-refractivity contribution in [3.05, 3.63) is 34.4 Å². The minimum absolute atomic E-state index is 0.0159. The number of alkyl halides is 3. The molecule has 0 amide bonds. The number of carbonyl (C=O) groups is 1. The van der Waals surface area contributed by atoms with Crippen molar-refractivity contribution in [2.24, 2.45) is 5.92 Å². The number of carbonyl (C=O) groups excluding carboxylic acids is 1. The van der Waals surface area contributed by atoms with Gasteiger partial charge in [0.25, 0.3) is 0 Å². The summed E-state index contributed by atoms with van der Waals surface area (Å²) in [5.41, 5.74) is 0.618. The predicted octanol–water partition coefficient (Wildman–Crippen LogP) is 3.85. The van der Waals surface area contributed by atoms with Gasteiger partial charge in [0.1, 0.15) is 0 Å². The third kappa shape index (κ3) is 2.53. The zero-order valence-electron chi connectivity index (χ0n) is 11.7. The molecule has 5 heteroatoms. The lowest BCUT2D eigenvalue weighted by molar-refractivity contribution is -0.145. The fourth-order valence-corrected chi connectivity index (χ4v) is 2.99. The van der Waals surface area contributed by atoms with Crippen molar-refractivity contribution in [1.82, 2.24) is 0 Å². The molecule has 1 unspecified atom stereocenters. The van der Waals surface area contributed by atoms with Gasteiger partial charge in [-0.3, -0.25) is 4.79 Å². The number of methoxy groups -OCH3 is 1. The molecule has 0 fully saturated rings. The first kappa shape index (κ1) is 14.9. The Morgan fingerprint density at radius 1 is 1.35 bits per heavy atom. The van der Waals surface area contributed by atoms with Crippen LogP contribution in [0.4, 0.5) is 13.2 Å². The summed E-state index contributed by atoms with van der Waals surface area (Å²) in [6.45, 7) is 3.49. The van der Waals surface area contributed by atoms with Crippen LogP contribution < -0.4 is 0 Å². The molecule has 0 saturated heterocycles. The van der Waals surface area contributed by atoms with Crippen molar-refractivity contribution < 1.29 is 22.7 Å². The molecule has 0 N–H and O–H groups in total. The van der Waals surface area contributed by atoms with E-state index >= 15 is 0 Å². The number of halogens is 3. The average Bonchev–Trinajstić information content (AvgIpc) is 2.35. The molecule has 1 aliphatic rings. The highest BCUT2D eigenvalue weighted by molar-refractivity contribution is 5.79. The molecule has 0 radical (unpaired) electrons. The van der Waals surface area contributed by atoms with E-state index in [2.05, 4.69) is 0 Å². The van der Waals surface area contributed by atoms with Crippen LogP contribution in [0.5, 0.6) is 0 Å². The third-order valence-electron chi connectivity index (χ3n) is 3.94. The lowest BCUT2D eigenvalue weighted by Gasteiger charge is -2.31. The summed E-state index contributed by atoms with van der Waals surface area (Å²) < 4.78 is 44.2. The van der Waals surface area contributed by atoms with Crippen LogP contribution in [0.1, 0.15) is 41.5 Å². The Hall–Kier alpha value is -1.52. The molecular formula is C15H17F3O2. The number of hydrogen-bond donors (Lipinski definition) is 0. The van der Waals surface area contributed by atoms with Gasteiger partial charge in [-0.2, -0.15) is 13.2 Å². The Morgan fingerprint density at radius 2 is 2.00 bits per heavy atom. The Morgan fingerprint density at radius 3 is 2.55 bits per heavy atom. The minimum atomic E-state index is -4.39. The topological polar surface area (TPSA) is 26.3 Å². The fourth-order valence-electron chi connectivity index (χ4n) is 2.99. The molecule has 0 heterocycles. The number of aryl methyl sites for hydroxylation is 1. The molecule has 1 aromatic rings. The van der Waals surface area contributed by atoms with Crippen molar-refractivity contribution in [2.75, 3.05) is 7.11 Å². The summed E-state index contributed by atoms with van der Waals surface area (Å²) in [5.74, 6) is -1.08. The molecule has 1 aliphatic carbocycles. The van der Waals surface area contributed by atoms with Crippen LogP contribution in [0.3, 0.4) is 0 Å². The Bertz CT molecular complexity index is 535. The van der Waals surface area contributed by atoms with Crippen LogP contribution in [0.15, 0.2) is 12.1 Å². The average molecular weight is 286 g/mol. The Balaban J connectivity index is 2.64. The number of esters is 1. The molecule has 0 spiro atoms. The molecule has 0 aromatic heterocycles. The number of rotatable bonds is 1. The molecular weight excluding hydrogens is 269 g/mol. The highest BCUT2D eigenvalue weighted by atomic mass is 19.4. The highest BCUT2D eigenvalue weighted by Crippen LogP contribution is 2.43. The van der Waals surface area contributed by atoms with E-state index in [-0.39, 0.29) is 11.5 Å². The summed E-state index contributed by atoms with van der Waals surface area (Å²) in [6, 6.07) is 2.84. The maximum atomic E-state index is 13.1. The summed E-state index contributed by atoms with van der Waals surface area (Å²) in [4.78, 5) is 11.9. The van der Waals surface area contributed by atoms with Crippen LogP contribution in [0, 0.1) is 12.8 Å². The molecule has 110 valence electrons. The van der Waals surface area contributed by atoms with Crippen LogP contribution >= 0.6 is 0 Å². The summed E-state index contributed by atoms with van der Waals surface area (Å²) in [6.07, 6.45) is -3.49. The quantitative estimate of drug-likeness (QED) is 0.733. The van der Waals surface area contributed by atoms with E-state index in [1.807, 2.05) is 6.92 Å². The highest BCUT2D eigenvalue weighted by Gasteiger charge is 2.40. The van der Waals surface area contributed by atoms with Crippen molar-refractivity contribution in [3.8, 4) is 0 Å². The van der Waals surface area contributed by atoms with Gasteiger partial charge in [0, 0.05) is 0 Å². The third-order valence-corrected chi connectivity index (χ3v) is 3.94. The van der Waals surface area contributed by atoms with E-state index < -0.39 is 23.6 Å². The smallest absolute Gasteiger partial charge is 0.416 e. The number of ether oxygens (including phenoxy) is 1. The number of benzene rings is 1. The van der Waals surface area contributed by atoms with Gasteiger partial charge in [0.2, 0.25) is 0 Å². The number of fused-ring (bicyclic) bond motifs is 1. The first-order chi connectivity index (χ1) is 9.25. The first-order valence-corrected chi connectivity index (χ1v) is 6.54. The van der Waals surface area contributed by atoms with Crippen molar-refractivity contribution in [3.63, 3.8) is 0 Å². The van der Waals surface area contributed by atoms with Gasteiger partial charge in [-0.25, -0.2) is 0 Å². The van der Waals surface area contributed by atoms with E-state index in [0.29, 0.717) is 24.0 Å². The van der Waals surface area contributed by atoms with Gasteiger partial charge in [0.05, 0.1) is 18.6 Å². The SMILES string of the molecule is COC(=O)C1c2cc(C)cc(C(F)(F)F)c2CC[C@H]1C. The van der Waals surface area contributed by atoms with Gasteiger partial charge < -0.3 is 4.74 Å². The molecule has 1 aromatic carbocycles. The van der Waals surface area contributed by atoms with Gasteiger partial charge >= 0.3 is 12.1 Å². The van der Waals surface area contributed by atoms with Crippen LogP contribution in [0.2, 0.25) is 0 Å². The largest absolute Gasteiger partial charge is 0.469 e. The molecule has 2 atom stereocenters. The van der Waals surface area contributed by atoms with E-state index in [0.717, 1.165) is 6.07 Å². The molecule has 2 nitrogen and oxygen atoms in total. The summed E-state index contributed by atoms with van der Waals surface area (Å²) >= 11 is 0. The Labute approximate surface area is 115 Å². The van der Waals surface area contributed by atoms with Crippen molar-refractivity contribution >= 4 is 5.97 Å². The van der Waals surface area contributed by atoms with Gasteiger partial charge in [-0.1, -0.05) is 18.6 Å². The van der Waals surface area contributed by atoms with Gasteiger partial charge in [-0.15, -0.1) is 0 Å². The molecule has 0 aliphatic heterocycles. The second kappa shape index (κ2) is 5.11. The van der Waals surface area contributed by atoms with Crippen LogP contribution in [-0.4, -0.2) is 13.1 Å². The maximum Gasteiger partial charge on any atom is 0.416 e. The van der Waals surface area contributed by atoms with Crippen molar-refractivity contribution in [2.45, 2.75) is 38.8 Å². The summed E-state index contributed by atoms with van der Waals surface area (Å²) in [5, 5.41) is 0. The zero-order chi connectivity index (χ0) is 15.1. The Kier molecular flexibility index (Phi) is 3.80. The first-order valence-electron chi connectivity index (χ1n) is 6.54. The zero-order valence-corrected chi connectivity index (χ0v) is 11.7. The van der Waals surface area contributed by atoms with E-state index in [1.54, 1.807) is 13.0 Å².